The first kappa shape index (κ1) is 34.2. The van der Waals surface area contributed by atoms with Crippen LogP contribution in [-0.4, -0.2) is 57.4 Å². The van der Waals surface area contributed by atoms with E-state index in [2.05, 4.69) is 16.0 Å². The molecule has 2 amide bonds. The van der Waals surface area contributed by atoms with Crippen molar-refractivity contribution in [3.63, 3.8) is 0 Å². The summed E-state index contributed by atoms with van der Waals surface area (Å²) in [5.74, 6) is -0.602. The Labute approximate surface area is 269 Å². The molecule has 0 saturated carbocycles. The molecule has 4 N–H and O–H groups in total. The van der Waals surface area contributed by atoms with Crippen molar-refractivity contribution in [1.29, 1.82) is 0 Å². The van der Waals surface area contributed by atoms with Crippen LogP contribution in [0.2, 0.25) is 0 Å². The highest BCUT2D eigenvalue weighted by Gasteiger charge is 2.24. The number of nitrogens with one attached hydrogen (secondary N) is 3. The highest BCUT2D eigenvalue weighted by Crippen LogP contribution is 2.21. The molecule has 11 heteroatoms. The van der Waals surface area contributed by atoms with E-state index >= 15 is 0 Å². The van der Waals surface area contributed by atoms with E-state index in [1.807, 2.05) is 91.9 Å². The molecule has 3 atom stereocenters. The third kappa shape index (κ3) is 10.4. The highest BCUT2D eigenvalue weighted by atomic mass is 32.2. The van der Waals surface area contributed by atoms with E-state index in [0.717, 1.165) is 28.7 Å². The summed E-state index contributed by atoms with van der Waals surface area (Å²) in [5.41, 5.74) is 2.76. The van der Waals surface area contributed by atoms with Crippen LogP contribution in [0.1, 0.15) is 50.4 Å². The van der Waals surface area contributed by atoms with E-state index in [1.54, 1.807) is 7.11 Å². The van der Waals surface area contributed by atoms with Crippen molar-refractivity contribution in [2.45, 2.75) is 38.1 Å². The fourth-order valence-electron chi connectivity index (χ4n) is 4.88. The summed E-state index contributed by atoms with van der Waals surface area (Å²) < 4.78 is 34.3. The van der Waals surface area contributed by atoms with Gasteiger partial charge in [0.25, 0.3) is 11.8 Å². The lowest BCUT2D eigenvalue weighted by molar-refractivity contribution is 0.0829. The van der Waals surface area contributed by atoms with Gasteiger partial charge in [0.1, 0.15) is 11.5 Å². The molecule has 0 saturated heterocycles. The molecule has 0 spiro atoms. The largest absolute Gasteiger partial charge is 0.497 e. The molecular weight excluding hydrogens is 606 g/mol. The molecule has 0 aliphatic heterocycles. The van der Waals surface area contributed by atoms with Crippen LogP contribution in [0, 0.1) is 0 Å². The second-order valence-corrected chi connectivity index (χ2v) is 12.5. The average Bonchev–Trinajstić information content (AvgIpc) is 3.04. The number of methoxy groups -OCH3 is 1. The van der Waals surface area contributed by atoms with Crippen molar-refractivity contribution in [1.82, 2.24) is 16.0 Å². The van der Waals surface area contributed by atoms with Crippen LogP contribution in [0.25, 0.3) is 0 Å². The summed E-state index contributed by atoms with van der Waals surface area (Å²) in [6.07, 6.45) is 0.192. The second kappa shape index (κ2) is 16.0. The molecule has 4 aromatic rings. The van der Waals surface area contributed by atoms with E-state index in [1.165, 1.54) is 18.2 Å². The third-order valence-corrected chi connectivity index (χ3v) is 7.72. The number of amides is 2. The van der Waals surface area contributed by atoms with Gasteiger partial charge in [0.05, 0.1) is 31.6 Å². The maximum absolute atomic E-state index is 13.7. The number of aliphatic hydroxyl groups is 1. The van der Waals surface area contributed by atoms with Crippen molar-refractivity contribution in [2.24, 2.45) is 0 Å². The molecule has 46 heavy (non-hydrogen) atoms. The minimum Gasteiger partial charge on any atom is -0.497 e. The summed E-state index contributed by atoms with van der Waals surface area (Å²) in [6.45, 7) is 2.44. The predicted molar refractivity (Wildman–Crippen MR) is 176 cm³/mol. The fraction of sp³-hybridized carbons (Fsp3) is 0.257. The number of hydrogen-bond acceptors (Lipinski definition) is 8. The zero-order valence-corrected chi connectivity index (χ0v) is 26.8. The van der Waals surface area contributed by atoms with Crippen molar-refractivity contribution < 1.29 is 32.0 Å². The van der Waals surface area contributed by atoms with Gasteiger partial charge in [0.15, 0.2) is 0 Å². The molecule has 0 fully saturated rings. The molecule has 0 aliphatic carbocycles. The van der Waals surface area contributed by atoms with Gasteiger partial charge in [0.2, 0.25) is 0 Å². The smallest absolute Gasteiger partial charge is 0.306 e. The molecule has 4 rings (SSSR count). The fourth-order valence-corrected chi connectivity index (χ4v) is 5.33. The molecular formula is C35H39N3O7S. The van der Waals surface area contributed by atoms with Crippen molar-refractivity contribution in [3.8, 4) is 11.5 Å². The highest BCUT2D eigenvalue weighted by molar-refractivity contribution is 7.86. The molecule has 0 bridgehead atoms. The van der Waals surface area contributed by atoms with Crippen LogP contribution in [0.4, 0.5) is 0 Å². The normalized spacial score (nSPS) is 13.2. The third-order valence-electron chi connectivity index (χ3n) is 7.22. The molecule has 0 aromatic heterocycles. The van der Waals surface area contributed by atoms with E-state index in [-0.39, 0.29) is 29.5 Å². The minimum absolute atomic E-state index is 0.00624. The summed E-state index contributed by atoms with van der Waals surface area (Å²) in [5, 5.41) is 20.2. The Kier molecular flexibility index (Phi) is 11.9. The van der Waals surface area contributed by atoms with Crippen LogP contribution in [0.5, 0.6) is 11.5 Å². The van der Waals surface area contributed by atoms with Crippen molar-refractivity contribution in [3.05, 3.63) is 131 Å². The van der Waals surface area contributed by atoms with E-state index in [4.69, 9.17) is 8.92 Å². The van der Waals surface area contributed by atoms with Gasteiger partial charge < -0.3 is 30.0 Å². The van der Waals surface area contributed by atoms with Crippen molar-refractivity contribution >= 4 is 21.9 Å². The number of carbonyl (C=O) groups is 2. The molecule has 10 nitrogen and oxygen atoms in total. The minimum atomic E-state index is -3.96. The van der Waals surface area contributed by atoms with Gasteiger partial charge in [-0.25, -0.2) is 0 Å². The lowest BCUT2D eigenvalue weighted by atomic mass is 10.00. The number of carbonyl (C=O) groups excluding carboxylic acids is 2. The monoisotopic (exact) mass is 645 g/mol. The van der Waals surface area contributed by atoms with Crippen LogP contribution in [0.15, 0.2) is 103 Å². The van der Waals surface area contributed by atoms with Gasteiger partial charge >= 0.3 is 10.1 Å². The Balaban J connectivity index is 1.54. The molecule has 0 heterocycles. The first-order valence-corrected chi connectivity index (χ1v) is 16.6. The maximum Gasteiger partial charge on any atom is 0.306 e. The average molecular weight is 646 g/mol. The second-order valence-electron chi connectivity index (χ2n) is 11.0. The zero-order chi connectivity index (χ0) is 33.1. The van der Waals surface area contributed by atoms with Crippen LogP contribution in [0.3, 0.4) is 0 Å². The Morgan fingerprint density at radius 2 is 1.39 bits per heavy atom. The lowest BCUT2D eigenvalue weighted by Crippen LogP contribution is -2.48. The topological polar surface area (TPSA) is 143 Å². The number of ether oxygens (including phenoxy) is 1. The maximum atomic E-state index is 13.7. The quantitative estimate of drug-likeness (QED) is 0.142. The van der Waals surface area contributed by atoms with Gasteiger partial charge in [-0.2, -0.15) is 8.42 Å². The van der Waals surface area contributed by atoms with Gasteiger partial charge in [-0.1, -0.05) is 72.8 Å². The van der Waals surface area contributed by atoms with Gasteiger partial charge in [-0.05, 0) is 60.4 Å². The molecule has 0 radical (unpaired) electrons. The molecule has 2 unspecified atom stereocenters. The van der Waals surface area contributed by atoms with Crippen LogP contribution < -0.4 is 24.9 Å². The molecule has 0 aliphatic rings. The van der Waals surface area contributed by atoms with E-state index in [0.29, 0.717) is 13.0 Å². The van der Waals surface area contributed by atoms with E-state index in [9.17, 15) is 23.1 Å². The van der Waals surface area contributed by atoms with Gasteiger partial charge in [0, 0.05) is 24.2 Å². The Morgan fingerprint density at radius 3 is 2.02 bits per heavy atom. The first-order chi connectivity index (χ1) is 22.0. The van der Waals surface area contributed by atoms with Crippen molar-refractivity contribution in [2.75, 3.05) is 19.9 Å². The number of benzene rings is 4. The summed E-state index contributed by atoms with van der Waals surface area (Å²) >= 11 is 0. The molecule has 242 valence electrons. The summed E-state index contributed by atoms with van der Waals surface area (Å²) in [4.78, 5) is 26.9. The number of rotatable bonds is 15. The SMILES string of the molecule is COc1cccc(CNC[C@@H](O)C(Cc2ccccc2)NC(=O)c2cc(OS(C)(=O)=O)cc(C(=O)NC(C)c3ccccc3)c2)c1. The summed E-state index contributed by atoms with van der Waals surface area (Å²) in [7, 11) is -2.37. The first-order valence-electron chi connectivity index (χ1n) is 14.8. The standard InChI is InChI=1S/C35H39N3O7S/c1-24(27-14-8-5-9-15-27)37-34(40)28-19-29(21-31(20-28)45-46(3,42)43)35(41)38-32(18-25-11-6-4-7-12-25)33(39)23-36-22-26-13-10-16-30(17-26)44-2/h4-17,19-21,24,32-33,36,39H,18,22-23H2,1-3H3,(H,37,40)(H,38,41)/t24?,32?,33-/m1/s1. The van der Waals surface area contributed by atoms with Gasteiger partial charge in [-0.3, -0.25) is 9.59 Å². The Hall–Kier alpha value is -4.71. The van der Waals surface area contributed by atoms with Crippen LogP contribution >= 0.6 is 0 Å². The summed E-state index contributed by atoms with van der Waals surface area (Å²) in [6, 6.07) is 29.1. The zero-order valence-electron chi connectivity index (χ0n) is 26.0. The van der Waals surface area contributed by atoms with E-state index < -0.39 is 34.1 Å². The van der Waals surface area contributed by atoms with Crippen LogP contribution in [-0.2, 0) is 23.1 Å². The number of hydrogen-bond donors (Lipinski definition) is 4. The Bertz CT molecular complexity index is 1720. The lowest BCUT2D eigenvalue weighted by Gasteiger charge is -2.25. The number of aliphatic hydroxyl groups excluding tert-OH is 1. The molecule has 4 aromatic carbocycles. The van der Waals surface area contributed by atoms with Gasteiger partial charge in [-0.15, -0.1) is 0 Å². The predicted octanol–water partition coefficient (Wildman–Crippen LogP) is 4.02. The Morgan fingerprint density at radius 1 is 0.783 bits per heavy atom.